The van der Waals surface area contributed by atoms with Gasteiger partial charge in [-0.15, -0.1) is 0 Å². The molecular formula is C19H22Cl2N4. The van der Waals surface area contributed by atoms with E-state index in [-0.39, 0.29) is 0 Å². The Labute approximate surface area is 159 Å². The number of halogens is 2. The summed E-state index contributed by atoms with van der Waals surface area (Å²) in [5.41, 5.74) is 2.33. The molecule has 0 N–H and O–H groups in total. The Morgan fingerprint density at radius 3 is 2.64 bits per heavy atom. The van der Waals surface area contributed by atoms with Gasteiger partial charge in [-0.05, 0) is 30.4 Å². The molecule has 1 saturated heterocycles. The predicted molar refractivity (Wildman–Crippen MR) is 105 cm³/mol. The number of hydrogen-bond donors (Lipinski definition) is 0. The lowest BCUT2D eigenvalue weighted by atomic mass is 10.2. The van der Waals surface area contributed by atoms with Crippen molar-refractivity contribution < 1.29 is 0 Å². The van der Waals surface area contributed by atoms with E-state index >= 15 is 0 Å². The Bertz CT molecular complexity index is 720. The smallest absolute Gasteiger partial charge is 0.0825 e. The summed E-state index contributed by atoms with van der Waals surface area (Å²) in [4.78, 5) is 4.86. The van der Waals surface area contributed by atoms with Crippen LogP contribution in [0.1, 0.15) is 0 Å². The molecule has 0 aromatic heterocycles. The van der Waals surface area contributed by atoms with Gasteiger partial charge in [0.05, 0.1) is 21.4 Å². The van der Waals surface area contributed by atoms with Gasteiger partial charge in [0.2, 0.25) is 0 Å². The molecule has 0 amide bonds. The van der Waals surface area contributed by atoms with Gasteiger partial charge in [0, 0.05) is 52.0 Å². The molecule has 0 spiro atoms. The van der Waals surface area contributed by atoms with Crippen LogP contribution in [0.25, 0.3) is 0 Å². The Morgan fingerprint density at radius 1 is 0.960 bits per heavy atom. The van der Waals surface area contributed by atoms with Crippen molar-refractivity contribution in [1.82, 2.24) is 14.9 Å². The van der Waals surface area contributed by atoms with Crippen LogP contribution in [0.5, 0.6) is 0 Å². The van der Waals surface area contributed by atoms with Crippen molar-refractivity contribution in [2.45, 2.75) is 0 Å². The predicted octanol–water partition coefficient (Wildman–Crippen LogP) is 3.62. The average molecular weight is 377 g/mol. The number of hydrogen-bond acceptors (Lipinski definition) is 4. The van der Waals surface area contributed by atoms with Gasteiger partial charge in [-0.25, -0.2) is 5.01 Å². The Balaban J connectivity index is 1.28. The van der Waals surface area contributed by atoms with E-state index in [4.69, 9.17) is 23.2 Å². The molecule has 1 fully saturated rings. The fourth-order valence-corrected chi connectivity index (χ4v) is 3.97. The quantitative estimate of drug-likeness (QED) is 0.795. The van der Waals surface area contributed by atoms with Crippen molar-refractivity contribution in [2.24, 2.45) is 0 Å². The number of hydrazine groups is 1. The molecule has 3 aliphatic heterocycles. The minimum absolute atomic E-state index is 0.627. The van der Waals surface area contributed by atoms with Gasteiger partial charge in [0.1, 0.15) is 0 Å². The zero-order chi connectivity index (χ0) is 17.2. The van der Waals surface area contributed by atoms with Crippen molar-refractivity contribution in [3.63, 3.8) is 0 Å². The van der Waals surface area contributed by atoms with Gasteiger partial charge in [-0.1, -0.05) is 35.3 Å². The summed E-state index contributed by atoms with van der Waals surface area (Å²) >= 11 is 12.5. The highest BCUT2D eigenvalue weighted by molar-refractivity contribution is 6.43. The van der Waals surface area contributed by atoms with E-state index in [0.717, 1.165) is 51.5 Å². The number of rotatable bonds is 4. The summed E-state index contributed by atoms with van der Waals surface area (Å²) in [6.07, 6.45) is 10.7. The number of anilines is 1. The highest BCUT2D eigenvalue weighted by atomic mass is 35.5. The van der Waals surface area contributed by atoms with Crippen LogP contribution in [0.4, 0.5) is 5.69 Å². The molecule has 3 aliphatic rings. The van der Waals surface area contributed by atoms with Crippen LogP contribution in [0.2, 0.25) is 10.0 Å². The Hall–Kier alpha value is -1.46. The van der Waals surface area contributed by atoms with Crippen LogP contribution in [0.3, 0.4) is 0 Å². The van der Waals surface area contributed by atoms with Gasteiger partial charge in [0.25, 0.3) is 0 Å². The molecule has 4 rings (SSSR count). The van der Waals surface area contributed by atoms with Crippen molar-refractivity contribution in [3.8, 4) is 0 Å². The fourth-order valence-electron chi connectivity index (χ4n) is 3.56. The largest absolute Gasteiger partial charge is 0.368 e. The van der Waals surface area contributed by atoms with E-state index < -0.39 is 0 Å². The van der Waals surface area contributed by atoms with Gasteiger partial charge in [-0.3, -0.25) is 9.91 Å². The van der Waals surface area contributed by atoms with Crippen molar-refractivity contribution in [1.29, 1.82) is 0 Å². The molecule has 0 unspecified atom stereocenters. The molecule has 0 bridgehead atoms. The maximum absolute atomic E-state index is 6.36. The monoisotopic (exact) mass is 376 g/mol. The van der Waals surface area contributed by atoms with Crippen molar-refractivity contribution >= 4 is 28.9 Å². The lowest BCUT2D eigenvalue weighted by molar-refractivity contribution is 0.0762. The normalized spacial score (nSPS) is 21.0. The molecule has 0 radical (unpaired) electrons. The highest BCUT2D eigenvalue weighted by Gasteiger charge is 2.24. The summed E-state index contributed by atoms with van der Waals surface area (Å²) in [6.45, 7) is 7.16. The molecule has 1 aromatic carbocycles. The molecule has 0 atom stereocenters. The third-order valence-corrected chi connectivity index (χ3v) is 5.81. The molecule has 1 aromatic rings. The maximum atomic E-state index is 6.36. The van der Waals surface area contributed by atoms with Gasteiger partial charge in [-0.2, -0.15) is 0 Å². The number of nitrogens with zero attached hydrogens (tertiary/aromatic N) is 4. The lowest BCUT2D eigenvalue weighted by Crippen LogP contribution is -2.49. The van der Waals surface area contributed by atoms with Crippen LogP contribution in [-0.4, -0.2) is 60.7 Å². The van der Waals surface area contributed by atoms with Crippen molar-refractivity contribution in [2.75, 3.05) is 50.7 Å². The summed E-state index contributed by atoms with van der Waals surface area (Å²) in [5.74, 6) is 0. The summed E-state index contributed by atoms with van der Waals surface area (Å²) in [7, 11) is 0. The summed E-state index contributed by atoms with van der Waals surface area (Å²) in [6, 6.07) is 5.86. The number of piperazine rings is 1. The Kier molecular flexibility index (Phi) is 5.04. The van der Waals surface area contributed by atoms with E-state index in [1.165, 1.54) is 5.70 Å². The molecular weight excluding hydrogens is 355 g/mol. The van der Waals surface area contributed by atoms with E-state index in [1.54, 1.807) is 0 Å². The molecule has 0 saturated carbocycles. The molecule has 4 nitrogen and oxygen atoms in total. The van der Waals surface area contributed by atoms with Crippen LogP contribution in [0.15, 0.2) is 54.4 Å². The SMILES string of the molecule is Clc1cccc(N2CCN(CCN3CC=C4C=CC=CN43)CC2)c1Cl. The lowest BCUT2D eigenvalue weighted by Gasteiger charge is -2.38. The number of fused-ring (bicyclic) bond motifs is 1. The van der Waals surface area contributed by atoms with Gasteiger partial charge >= 0.3 is 0 Å². The van der Waals surface area contributed by atoms with E-state index in [0.29, 0.717) is 10.0 Å². The zero-order valence-corrected chi connectivity index (χ0v) is 15.6. The van der Waals surface area contributed by atoms with Crippen LogP contribution >= 0.6 is 23.2 Å². The highest BCUT2D eigenvalue weighted by Crippen LogP contribution is 2.32. The standard InChI is InChI=1S/C19H22Cl2N4/c20-17-5-3-6-18(19(17)21)23-13-10-22(11-14-23)12-15-24-9-7-16-4-1-2-8-25(16)24/h1-8H,9-15H2. The second-order valence-corrected chi connectivity index (χ2v) is 7.27. The first kappa shape index (κ1) is 17.0. The molecule has 25 heavy (non-hydrogen) atoms. The first-order chi connectivity index (χ1) is 12.2. The fraction of sp³-hybridized carbons (Fsp3) is 0.368. The molecule has 6 heteroatoms. The number of allylic oxidation sites excluding steroid dienone is 3. The zero-order valence-electron chi connectivity index (χ0n) is 14.1. The third-order valence-electron chi connectivity index (χ3n) is 5.00. The molecule has 0 aliphatic carbocycles. The van der Waals surface area contributed by atoms with E-state index in [9.17, 15) is 0 Å². The van der Waals surface area contributed by atoms with Crippen LogP contribution in [-0.2, 0) is 0 Å². The molecule has 132 valence electrons. The number of benzene rings is 1. The summed E-state index contributed by atoms with van der Waals surface area (Å²) in [5, 5.41) is 5.93. The van der Waals surface area contributed by atoms with Gasteiger partial charge < -0.3 is 4.90 Å². The first-order valence-corrected chi connectivity index (χ1v) is 9.48. The van der Waals surface area contributed by atoms with Crippen LogP contribution in [0, 0.1) is 0 Å². The average Bonchev–Trinajstić information content (AvgIpc) is 3.06. The van der Waals surface area contributed by atoms with Crippen LogP contribution < -0.4 is 4.90 Å². The van der Waals surface area contributed by atoms with Gasteiger partial charge in [0.15, 0.2) is 0 Å². The van der Waals surface area contributed by atoms with E-state index in [2.05, 4.69) is 56.4 Å². The minimum atomic E-state index is 0.627. The maximum Gasteiger partial charge on any atom is 0.0825 e. The summed E-state index contributed by atoms with van der Waals surface area (Å²) < 4.78 is 0. The first-order valence-electron chi connectivity index (χ1n) is 8.73. The van der Waals surface area contributed by atoms with Crippen molar-refractivity contribution in [3.05, 3.63) is 64.4 Å². The topological polar surface area (TPSA) is 13.0 Å². The van der Waals surface area contributed by atoms with E-state index in [1.807, 2.05) is 12.1 Å². The minimum Gasteiger partial charge on any atom is -0.368 e. The second kappa shape index (κ2) is 7.42. The second-order valence-electron chi connectivity index (χ2n) is 6.49. The molecule has 3 heterocycles. The Morgan fingerprint density at radius 2 is 1.80 bits per heavy atom. The third kappa shape index (κ3) is 3.58.